The molecule has 0 saturated carbocycles. The number of aromatic nitrogens is 2. The number of hydrogen-bond acceptors (Lipinski definition) is 4. The number of aromatic amines is 2. The molecule has 4 rings (SSSR count). The van der Waals surface area contributed by atoms with Crippen LogP contribution >= 0.6 is 0 Å². The lowest BCUT2D eigenvalue weighted by Crippen LogP contribution is -2.42. The minimum absolute atomic E-state index is 0.0301. The van der Waals surface area contributed by atoms with Crippen LogP contribution in [0.4, 0.5) is 5.69 Å². The Kier molecular flexibility index (Phi) is 4.91. The van der Waals surface area contributed by atoms with Gasteiger partial charge in [0, 0.05) is 23.8 Å². The number of carbonyl (C=O) groups excluding carboxylic acids is 1. The summed E-state index contributed by atoms with van der Waals surface area (Å²) in [4.78, 5) is 31.1. The summed E-state index contributed by atoms with van der Waals surface area (Å²) in [5.41, 5.74) is 1.44. The Morgan fingerprint density at radius 2 is 1.79 bits per heavy atom. The van der Waals surface area contributed by atoms with Gasteiger partial charge in [0.15, 0.2) is 0 Å². The molecule has 1 aliphatic rings. The summed E-state index contributed by atoms with van der Waals surface area (Å²) in [5, 5.41) is 0. The van der Waals surface area contributed by atoms with Crippen LogP contribution in [0.1, 0.15) is 36.5 Å². The molecular formula is C20H22N4O4S. The summed E-state index contributed by atoms with van der Waals surface area (Å²) >= 11 is 0. The monoisotopic (exact) mass is 414 g/mol. The molecule has 0 spiro atoms. The number of rotatable bonds is 4. The summed E-state index contributed by atoms with van der Waals surface area (Å²) in [6.07, 6.45) is 3.14. The lowest BCUT2D eigenvalue weighted by molar-refractivity contribution is 0.0635. The van der Waals surface area contributed by atoms with E-state index in [4.69, 9.17) is 0 Å². The number of benzene rings is 2. The van der Waals surface area contributed by atoms with Crippen molar-refractivity contribution >= 4 is 32.7 Å². The quantitative estimate of drug-likeness (QED) is 0.609. The zero-order valence-corrected chi connectivity index (χ0v) is 16.8. The van der Waals surface area contributed by atoms with E-state index in [0.29, 0.717) is 22.3 Å². The lowest BCUT2D eigenvalue weighted by atomic mass is 10.0. The number of piperidine rings is 1. The molecule has 0 aliphatic carbocycles. The lowest BCUT2D eigenvalue weighted by Gasteiger charge is -2.33. The van der Waals surface area contributed by atoms with Gasteiger partial charge in [-0.1, -0.05) is 0 Å². The molecule has 2 aromatic carbocycles. The van der Waals surface area contributed by atoms with Gasteiger partial charge in [0.1, 0.15) is 0 Å². The highest BCUT2D eigenvalue weighted by molar-refractivity contribution is 7.92. The van der Waals surface area contributed by atoms with Gasteiger partial charge in [-0.05, 0) is 68.7 Å². The van der Waals surface area contributed by atoms with Gasteiger partial charge in [-0.15, -0.1) is 0 Å². The van der Waals surface area contributed by atoms with E-state index in [-0.39, 0.29) is 16.8 Å². The molecule has 2 heterocycles. The highest BCUT2D eigenvalue weighted by Crippen LogP contribution is 2.22. The average molecular weight is 414 g/mol. The summed E-state index contributed by atoms with van der Waals surface area (Å²) in [6, 6.07) is 11.0. The van der Waals surface area contributed by atoms with Crippen LogP contribution in [0.15, 0.2) is 52.2 Å². The van der Waals surface area contributed by atoms with Crippen LogP contribution < -0.4 is 10.4 Å². The van der Waals surface area contributed by atoms with E-state index in [9.17, 15) is 18.0 Å². The van der Waals surface area contributed by atoms with Crippen molar-refractivity contribution in [3.05, 3.63) is 58.5 Å². The van der Waals surface area contributed by atoms with Crippen molar-refractivity contribution in [2.75, 3.05) is 11.3 Å². The number of hydrogen-bond donors (Lipinski definition) is 3. The molecule has 0 bridgehead atoms. The molecular weight excluding hydrogens is 392 g/mol. The van der Waals surface area contributed by atoms with Crippen molar-refractivity contribution in [1.82, 2.24) is 14.9 Å². The second-order valence-corrected chi connectivity index (χ2v) is 9.00. The first-order valence-electron chi connectivity index (χ1n) is 9.49. The predicted octanol–water partition coefficient (Wildman–Crippen LogP) is 2.67. The molecule has 152 valence electrons. The third-order valence-electron chi connectivity index (χ3n) is 5.25. The molecule has 8 nitrogen and oxygen atoms in total. The first kappa shape index (κ1) is 19.3. The fraction of sp³-hybridized carbons (Fsp3) is 0.300. The fourth-order valence-corrected chi connectivity index (χ4v) is 4.72. The number of nitrogens with one attached hydrogen (secondary N) is 3. The van der Waals surface area contributed by atoms with Crippen molar-refractivity contribution in [1.29, 1.82) is 0 Å². The predicted molar refractivity (Wildman–Crippen MR) is 111 cm³/mol. The molecule has 0 unspecified atom stereocenters. The van der Waals surface area contributed by atoms with E-state index in [0.717, 1.165) is 25.8 Å². The van der Waals surface area contributed by atoms with Gasteiger partial charge < -0.3 is 14.9 Å². The normalized spacial score (nSPS) is 17.4. The molecule has 1 saturated heterocycles. The van der Waals surface area contributed by atoms with Gasteiger partial charge in [0.05, 0.1) is 15.9 Å². The standard InChI is InChI=1S/C20H22N4O4S/c1-13-4-2-3-11-24(13)19(25)14-5-7-15(8-6-14)23-29(27,28)16-9-10-17-18(12-16)22-20(26)21-17/h5-10,12-13,23H,2-4,11H2,1H3,(H2,21,22,26)/t13-/m1/s1. The molecule has 1 aromatic heterocycles. The van der Waals surface area contributed by atoms with E-state index in [1.807, 2.05) is 11.8 Å². The maximum absolute atomic E-state index is 12.7. The topological polar surface area (TPSA) is 115 Å². The number of H-pyrrole nitrogens is 2. The number of fused-ring (bicyclic) bond motifs is 1. The third-order valence-corrected chi connectivity index (χ3v) is 6.62. The molecule has 1 fully saturated rings. The average Bonchev–Trinajstić information content (AvgIpc) is 3.07. The zero-order valence-electron chi connectivity index (χ0n) is 15.9. The summed E-state index contributed by atoms with van der Waals surface area (Å²) in [5.74, 6) is -0.0338. The van der Waals surface area contributed by atoms with Gasteiger partial charge in [0.25, 0.3) is 15.9 Å². The number of imidazole rings is 1. The summed E-state index contributed by atoms with van der Waals surface area (Å²) in [7, 11) is -3.84. The second-order valence-electron chi connectivity index (χ2n) is 7.31. The van der Waals surface area contributed by atoms with Crippen LogP contribution in [0.3, 0.4) is 0 Å². The van der Waals surface area contributed by atoms with Gasteiger partial charge in [0.2, 0.25) is 0 Å². The SMILES string of the molecule is C[C@@H]1CCCCN1C(=O)c1ccc(NS(=O)(=O)c2ccc3[nH]c(=O)[nH]c3c2)cc1. The molecule has 1 atom stereocenters. The molecule has 1 aliphatic heterocycles. The first-order valence-corrected chi connectivity index (χ1v) is 11.0. The maximum Gasteiger partial charge on any atom is 0.323 e. The Balaban J connectivity index is 1.52. The molecule has 3 aromatic rings. The first-order chi connectivity index (χ1) is 13.8. The van der Waals surface area contributed by atoms with E-state index in [2.05, 4.69) is 14.7 Å². The minimum atomic E-state index is -3.84. The van der Waals surface area contributed by atoms with Crippen LogP contribution in [0, 0.1) is 0 Å². The van der Waals surface area contributed by atoms with Crippen molar-refractivity contribution in [2.45, 2.75) is 37.1 Å². The van der Waals surface area contributed by atoms with Crippen molar-refractivity contribution < 1.29 is 13.2 Å². The largest absolute Gasteiger partial charge is 0.336 e. The molecule has 29 heavy (non-hydrogen) atoms. The van der Waals surface area contributed by atoms with E-state index < -0.39 is 15.7 Å². The van der Waals surface area contributed by atoms with Crippen molar-refractivity contribution in [3.8, 4) is 0 Å². The summed E-state index contributed by atoms with van der Waals surface area (Å²) < 4.78 is 27.9. The number of carbonyl (C=O) groups is 1. The van der Waals surface area contributed by atoms with E-state index in [1.54, 1.807) is 24.3 Å². The number of sulfonamides is 1. The number of amides is 1. The fourth-order valence-electron chi connectivity index (χ4n) is 3.64. The van der Waals surface area contributed by atoms with Gasteiger partial charge >= 0.3 is 5.69 Å². The second kappa shape index (κ2) is 7.40. The number of likely N-dealkylation sites (tertiary alicyclic amines) is 1. The van der Waals surface area contributed by atoms with Crippen molar-refractivity contribution in [2.24, 2.45) is 0 Å². The molecule has 1 amide bonds. The Labute approximate surface area is 168 Å². The van der Waals surface area contributed by atoms with Gasteiger partial charge in [-0.2, -0.15) is 0 Å². The van der Waals surface area contributed by atoms with Crippen LogP contribution in [0.2, 0.25) is 0 Å². The van der Waals surface area contributed by atoms with E-state index in [1.165, 1.54) is 18.2 Å². The number of nitrogens with zero attached hydrogens (tertiary/aromatic N) is 1. The highest BCUT2D eigenvalue weighted by Gasteiger charge is 2.24. The highest BCUT2D eigenvalue weighted by atomic mass is 32.2. The third kappa shape index (κ3) is 3.91. The Bertz CT molecular complexity index is 1210. The smallest absolute Gasteiger partial charge is 0.323 e. The van der Waals surface area contributed by atoms with Crippen LogP contribution in [-0.2, 0) is 10.0 Å². The van der Waals surface area contributed by atoms with Crippen molar-refractivity contribution in [3.63, 3.8) is 0 Å². The molecule has 3 N–H and O–H groups in total. The Hall–Kier alpha value is -3.07. The van der Waals surface area contributed by atoms with Crippen LogP contribution in [-0.4, -0.2) is 41.8 Å². The molecule has 0 radical (unpaired) electrons. The maximum atomic E-state index is 12.7. The van der Waals surface area contributed by atoms with Gasteiger partial charge in [-0.25, -0.2) is 13.2 Å². The minimum Gasteiger partial charge on any atom is -0.336 e. The summed E-state index contributed by atoms with van der Waals surface area (Å²) in [6.45, 7) is 2.80. The Morgan fingerprint density at radius 3 is 2.52 bits per heavy atom. The van der Waals surface area contributed by atoms with Crippen LogP contribution in [0.5, 0.6) is 0 Å². The van der Waals surface area contributed by atoms with Crippen LogP contribution in [0.25, 0.3) is 11.0 Å². The van der Waals surface area contributed by atoms with E-state index >= 15 is 0 Å². The number of anilines is 1. The Morgan fingerprint density at radius 1 is 1.07 bits per heavy atom. The zero-order chi connectivity index (χ0) is 20.6. The molecule has 9 heteroatoms. The van der Waals surface area contributed by atoms with Gasteiger partial charge in [-0.3, -0.25) is 9.52 Å².